The van der Waals surface area contributed by atoms with Crippen LogP contribution in [0.1, 0.15) is 106 Å². The third kappa shape index (κ3) is 4.67. The molecule has 0 bridgehead atoms. The van der Waals surface area contributed by atoms with Crippen LogP contribution in [0.15, 0.2) is 34.9 Å². The molecule has 0 unspecified atom stereocenters. The Morgan fingerprint density at radius 2 is 1.60 bits per heavy atom. The second-order valence-electron chi connectivity index (χ2n) is 12.0. The highest BCUT2D eigenvalue weighted by Crippen LogP contribution is 2.65. The second kappa shape index (κ2) is 9.35. The van der Waals surface area contributed by atoms with E-state index in [2.05, 4.69) is 66.7 Å². The molecular formula is C29H48O. The smallest absolute Gasteiger partial charge is 0.0594 e. The van der Waals surface area contributed by atoms with Gasteiger partial charge in [0.15, 0.2) is 0 Å². The first-order chi connectivity index (χ1) is 14.1. The SMILES string of the molecule is CC(C)=CCC/C(C)=C/C/C=C(/C)[C@@H]1CC[C@H]2[C@H]3CC[C@H](O)C(C)(C)[C@@H]3CC[C@]12C. The zero-order chi connectivity index (χ0) is 22.1. The number of aliphatic hydroxyl groups excluding tert-OH is 1. The highest BCUT2D eigenvalue weighted by atomic mass is 16.3. The van der Waals surface area contributed by atoms with E-state index in [0.29, 0.717) is 11.3 Å². The predicted molar refractivity (Wildman–Crippen MR) is 130 cm³/mol. The van der Waals surface area contributed by atoms with Crippen LogP contribution in [0.2, 0.25) is 0 Å². The van der Waals surface area contributed by atoms with Gasteiger partial charge >= 0.3 is 0 Å². The monoisotopic (exact) mass is 412 g/mol. The predicted octanol–water partition coefficient (Wildman–Crippen LogP) is 8.26. The lowest BCUT2D eigenvalue weighted by molar-refractivity contribution is -0.116. The maximum atomic E-state index is 10.6. The minimum Gasteiger partial charge on any atom is -0.393 e. The summed E-state index contributed by atoms with van der Waals surface area (Å²) < 4.78 is 0. The molecule has 0 aromatic heterocycles. The van der Waals surface area contributed by atoms with Crippen molar-refractivity contribution in [3.05, 3.63) is 34.9 Å². The Hall–Kier alpha value is -0.820. The topological polar surface area (TPSA) is 20.2 Å². The normalized spacial score (nSPS) is 38.7. The molecule has 0 heterocycles. The average molecular weight is 413 g/mol. The van der Waals surface area contributed by atoms with Crippen molar-refractivity contribution in [2.24, 2.45) is 34.5 Å². The Labute approximate surface area is 187 Å². The minimum atomic E-state index is -0.103. The lowest BCUT2D eigenvalue weighted by Gasteiger charge is -2.57. The molecule has 0 saturated heterocycles. The summed E-state index contributed by atoms with van der Waals surface area (Å²) in [7, 11) is 0. The quantitative estimate of drug-likeness (QED) is 0.435. The Bertz CT molecular complexity index is 689. The Morgan fingerprint density at radius 1 is 0.867 bits per heavy atom. The zero-order valence-electron chi connectivity index (χ0n) is 20.9. The van der Waals surface area contributed by atoms with E-state index >= 15 is 0 Å². The number of rotatable bonds is 6. The van der Waals surface area contributed by atoms with E-state index in [-0.39, 0.29) is 11.5 Å². The van der Waals surface area contributed by atoms with E-state index in [9.17, 15) is 5.11 Å². The molecule has 0 aliphatic heterocycles. The van der Waals surface area contributed by atoms with E-state index in [1.165, 1.54) is 56.1 Å². The van der Waals surface area contributed by atoms with E-state index < -0.39 is 0 Å². The first-order valence-corrected chi connectivity index (χ1v) is 12.7. The van der Waals surface area contributed by atoms with Crippen molar-refractivity contribution in [3.8, 4) is 0 Å². The van der Waals surface area contributed by atoms with Gasteiger partial charge in [-0.2, -0.15) is 0 Å². The highest BCUT2D eigenvalue weighted by Gasteiger charge is 2.58. The third-order valence-corrected chi connectivity index (χ3v) is 9.57. The molecule has 1 heteroatoms. The number of aliphatic hydroxyl groups is 1. The van der Waals surface area contributed by atoms with Crippen LogP contribution in [0, 0.1) is 34.5 Å². The molecule has 0 amide bonds. The van der Waals surface area contributed by atoms with Crippen LogP contribution in [0.4, 0.5) is 0 Å². The van der Waals surface area contributed by atoms with Gasteiger partial charge < -0.3 is 5.11 Å². The molecule has 30 heavy (non-hydrogen) atoms. The van der Waals surface area contributed by atoms with Gasteiger partial charge in [0.2, 0.25) is 0 Å². The molecule has 3 aliphatic carbocycles. The van der Waals surface area contributed by atoms with Gasteiger partial charge in [-0.15, -0.1) is 0 Å². The van der Waals surface area contributed by atoms with E-state index in [0.717, 1.165) is 30.6 Å². The Kier molecular flexibility index (Phi) is 7.43. The van der Waals surface area contributed by atoms with Crippen molar-refractivity contribution in [2.75, 3.05) is 0 Å². The summed E-state index contributed by atoms with van der Waals surface area (Å²) in [5.74, 6) is 3.17. The van der Waals surface area contributed by atoms with E-state index in [1.807, 2.05) is 0 Å². The van der Waals surface area contributed by atoms with Crippen molar-refractivity contribution in [1.82, 2.24) is 0 Å². The fraction of sp³-hybridized carbons (Fsp3) is 0.793. The molecule has 1 nitrogen and oxygen atoms in total. The molecular weight excluding hydrogens is 364 g/mol. The van der Waals surface area contributed by atoms with Crippen molar-refractivity contribution < 1.29 is 5.11 Å². The van der Waals surface area contributed by atoms with Gasteiger partial charge in [-0.25, -0.2) is 0 Å². The van der Waals surface area contributed by atoms with Crippen LogP contribution in [-0.2, 0) is 0 Å². The largest absolute Gasteiger partial charge is 0.393 e. The number of hydrogen-bond acceptors (Lipinski definition) is 1. The molecule has 3 fully saturated rings. The van der Waals surface area contributed by atoms with Gasteiger partial charge in [0.1, 0.15) is 0 Å². The highest BCUT2D eigenvalue weighted by molar-refractivity contribution is 5.18. The van der Waals surface area contributed by atoms with E-state index in [4.69, 9.17) is 0 Å². The fourth-order valence-corrected chi connectivity index (χ4v) is 7.61. The van der Waals surface area contributed by atoms with Crippen LogP contribution in [0.25, 0.3) is 0 Å². The molecule has 1 N–H and O–H groups in total. The molecule has 0 radical (unpaired) electrons. The molecule has 170 valence electrons. The van der Waals surface area contributed by atoms with Gasteiger partial charge in [-0.1, -0.05) is 55.7 Å². The maximum absolute atomic E-state index is 10.6. The Morgan fingerprint density at radius 3 is 2.30 bits per heavy atom. The van der Waals surface area contributed by atoms with Crippen LogP contribution in [-0.4, -0.2) is 11.2 Å². The summed E-state index contributed by atoms with van der Waals surface area (Å²) in [4.78, 5) is 0. The molecule has 0 aromatic rings. The van der Waals surface area contributed by atoms with E-state index in [1.54, 1.807) is 5.57 Å². The van der Waals surface area contributed by atoms with Crippen molar-refractivity contribution >= 4 is 0 Å². The van der Waals surface area contributed by atoms with Crippen molar-refractivity contribution in [2.45, 2.75) is 112 Å². The zero-order valence-corrected chi connectivity index (χ0v) is 20.9. The number of fused-ring (bicyclic) bond motifs is 3. The molecule has 3 aliphatic rings. The van der Waals surface area contributed by atoms with Gasteiger partial charge in [0, 0.05) is 0 Å². The summed E-state index contributed by atoms with van der Waals surface area (Å²) in [6, 6.07) is 0. The van der Waals surface area contributed by atoms with Gasteiger partial charge in [0.05, 0.1) is 6.10 Å². The molecule has 3 saturated carbocycles. The first-order valence-electron chi connectivity index (χ1n) is 12.7. The van der Waals surface area contributed by atoms with Gasteiger partial charge in [0.25, 0.3) is 0 Å². The van der Waals surface area contributed by atoms with Crippen molar-refractivity contribution in [1.29, 1.82) is 0 Å². The fourth-order valence-electron chi connectivity index (χ4n) is 7.61. The van der Waals surface area contributed by atoms with Crippen molar-refractivity contribution in [3.63, 3.8) is 0 Å². The van der Waals surface area contributed by atoms with Crippen LogP contribution >= 0.6 is 0 Å². The molecule has 6 atom stereocenters. The average Bonchev–Trinajstić information content (AvgIpc) is 3.01. The van der Waals surface area contributed by atoms with Gasteiger partial charge in [-0.05, 0) is 120 Å². The first kappa shape index (κ1) is 23.8. The summed E-state index contributed by atoms with van der Waals surface area (Å²) in [5, 5.41) is 10.6. The minimum absolute atomic E-state index is 0.0983. The Balaban J connectivity index is 1.65. The maximum Gasteiger partial charge on any atom is 0.0594 e. The number of allylic oxidation sites excluding steroid dienone is 6. The molecule has 0 spiro atoms. The summed E-state index contributed by atoms with van der Waals surface area (Å²) >= 11 is 0. The van der Waals surface area contributed by atoms with Gasteiger partial charge in [-0.3, -0.25) is 0 Å². The summed E-state index contributed by atoms with van der Waals surface area (Å²) in [5.41, 5.74) is 5.16. The lowest BCUT2D eigenvalue weighted by atomic mass is 9.49. The second-order valence-corrected chi connectivity index (χ2v) is 12.0. The molecule has 0 aromatic carbocycles. The molecule has 3 rings (SSSR count). The summed E-state index contributed by atoms with van der Waals surface area (Å²) in [6.45, 7) is 16.3. The third-order valence-electron chi connectivity index (χ3n) is 9.57. The lowest BCUT2D eigenvalue weighted by Crippen LogP contribution is -2.52. The number of hydrogen-bond donors (Lipinski definition) is 1. The standard InChI is InChI=1S/C29H48O/c1-20(2)10-8-11-21(3)12-9-13-22(4)24-15-16-26-23-14-17-27(30)28(5,6)25(23)18-19-29(24,26)7/h10,12-13,23-27,30H,8-9,11,14-19H2,1-7H3/b21-12+,22-13-/t23-,24-,25+,26-,27-,29+/m0/s1. The summed E-state index contributed by atoms with van der Waals surface area (Å²) in [6.07, 6.45) is 18.4. The van der Waals surface area contributed by atoms with Crippen LogP contribution in [0.3, 0.4) is 0 Å². The van der Waals surface area contributed by atoms with Crippen LogP contribution in [0.5, 0.6) is 0 Å². The van der Waals surface area contributed by atoms with Crippen LogP contribution < -0.4 is 0 Å².